The molecule has 2 saturated heterocycles. The summed E-state index contributed by atoms with van der Waals surface area (Å²) in [7, 11) is 0. The summed E-state index contributed by atoms with van der Waals surface area (Å²) in [6.45, 7) is 6.62. The van der Waals surface area contributed by atoms with Crippen LogP contribution in [0.1, 0.15) is 22.5 Å². The Morgan fingerprint density at radius 3 is 2.84 bits per heavy atom. The van der Waals surface area contributed by atoms with Crippen molar-refractivity contribution in [3.8, 4) is 0 Å². The van der Waals surface area contributed by atoms with Gasteiger partial charge in [-0.05, 0) is 25.0 Å². The van der Waals surface area contributed by atoms with Crippen molar-refractivity contribution in [2.75, 3.05) is 45.9 Å². The third kappa shape index (κ3) is 4.68. The molecule has 7 nitrogen and oxygen atoms in total. The van der Waals surface area contributed by atoms with Crippen molar-refractivity contribution in [2.24, 2.45) is 0 Å². The number of morpholine rings is 1. The van der Waals surface area contributed by atoms with E-state index >= 15 is 0 Å². The van der Waals surface area contributed by atoms with Crippen molar-refractivity contribution in [3.63, 3.8) is 0 Å². The molecule has 2 aliphatic heterocycles. The highest BCUT2D eigenvalue weighted by atomic mass is 35.5. The van der Waals surface area contributed by atoms with Crippen LogP contribution in [0.25, 0.3) is 0 Å². The smallest absolute Gasteiger partial charge is 0.270 e. The van der Waals surface area contributed by atoms with Gasteiger partial charge < -0.3 is 15.0 Å². The van der Waals surface area contributed by atoms with Gasteiger partial charge in [0, 0.05) is 38.9 Å². The number of carbonyl (C=O) groups excluding carboxylic acids is 2. The monoisotopic (exact) mass is 368 g/mol. The minimum Gasteiger partial charge on any atom is -0.379 e. The Morgan fingerprint density at radius 1 is 1.36 bits per heavy atom. The summed E-state index contributed by atoms with van der Waals surface area (Å²) in [5, 5.41) is 2.85. The molecule has 0 saturated carbocycles. The Hall–Kier alpha value is -1.70. The van der Waals surface area contributed by atoms with Crippen molar-refractivity contribution < 1.29 is 14.3 Å². The van der Waals surface area contributed by atoms with Crippen LogP contribution in [0.4, 0.5) is 0 Å². The van der Waals surface area contributed by atoms with Gasteiger partial charge in [-0.3, -0.25) is 19.5 Å². The van der Waals surface area contributed by atoms with E-state index in [4.69, 9.17) is 4.74 Å². The minimum absolute atomic E-state index is 0. The predicted octanol–water partition coefficient (Wildman–Crippen LogP) is 0.475. The van der Waals surface area contributed by atoms with E-state index in [0.717, 1.165) is 31.6 Å². The molecule has 1 N–H and O–H groups in total. The van der Waals surface area contributed by atoms with Crippen molar-refractivity contribution >= 4 is 24.2 Å². The van der Waals surface area contributed by atoms with Crippen LogP contribution >= 0.6 is 12.4 Å². The van der Waals surface area contributed by atoms with Gasteiger partial charge in [0.25, 0.3) is 5.91 Å². The largest absolute Gasteiger partial charge is 0.379 e. The summed E-state index contributed by atoms with van der Waals surface area (Å²) in [6.07, 6.45) is 2.46. The first kappa shape index (κ1) is 19.6. The summed E-state index contributed by atoms with van der Waals surface area (Å²) < 4.78 is 5.34. The number of hydrogen-bond acceptors (Lipinski definition) is 5. The molecule has 138 valence electrons. The molecule has 25 heavy (non-hydrogen) atoms. The van der Waals surface area contributed by atoms with Crippen LogP contribution in [0.5, 0.6) is 0 Å². The van der Waals surface area contributed by atoms with Crippen LogP contribution in [-0.4, -0.2) is 78.6 Å². The van der Waals surface area contributed by atoms with Crippen molar-refractivity contribution in [2.45, 2.75) is 19.4 Å². The standard InChI is InChI=1S/C17H24N4O3.ClH/c1-13-3-2-5-18-15(13)16(22)19-6-8-21-7-4-14(17(21)23)20-9-11-24-12-10-20;/h2-3,5,14H,4,6-12H2,1H3,(H,19,22);1H. The van der Waals surface area contributed by atoms with Gasteiger partial charge in [0.15, 0.2) is 0 Å². The lowest BCUT2D eigenvalue weighted by atomic mass is 10.2. The molecular weight excluding hydrogens is 344 g/mol. The second kappa shape index (κ2) is 9.12. The first-order valence-electron chi connectivity index (χ1n) is 8.47. The summed E-state index contributed by atoms with van der Waals surface area (Å²) in [4.78, 5) is 32.8. The second-order valence-electron chi connectivity index (χ2n) is 6.20. The number of aryl methyl sites for hydroxylation is 1. The number of carbonyl (C=O) groups is 2. The topological polar surface area (TPSA) is 74.8 Å². The van der Waals surface area contributed by atoms with Gasteiger partial charge in [0.2, 0.25) is 5.91 Å². The number of ether oxygens (including phenoxy) is 1. The first-order valence-corrected chi connectivity index (χ1v) is 8.47. The number of nitrogens with zero attached hydrogens (tertiary/aromatic N) is 3. The third-order valence-electron chi connectivity index (χ3n) is 4.65. The van der Waals surface area contributed by atoms with Gasteiger partial charge in [0.05, 0.1) is 19.3 Å². The maximum absolute atomic E-state index is 12.5. The molecule has 3 heterocycles. The molecule has 2 aliphatic rings. The van der Waals surface area contributed by atoms with Crippen molar-refractivity contribution in [1.29, 1.82) is 0 Å². The quantitative estimate of drug-likeness (QED) is 0.818. The second-order valence-corrected chi connectivity index (χ2v) is 6.20. The lowest BCUT2D eigenvalue weighted by Gasteiger charge is -2.31. The number of nitrogens with one attached hydrogen (secondary N) is 1. The molecule has 1 atom stereocenters. The zero-order valence-corrected chi connectivity index (χ0v) is 15.3. The van der Waals surface area contributed by atoms with Gasteiger partial charge in [-0.1, -0.05) is 6.07 Å². The Balaban J connectivity index is 0.00000225. The highest BCUT2D eigenvalue weighted by molar-refractivity contribution is 5.93. The fraction of sp³-hybridized carbons (Fsp3) is 0.588. The molecule has 0 radical (unpaired) electrons. The summed E-state index contributed by atoms with van der Waals surface area (Å²) in [6, 6.07) is 3.64. The molecule has 8 heteroatoms. The van der Waals surface area contributed by atoms with E-state index in [1.165, 1.54) is 0 Å². The summed E-state index contributed by atoms with van der Waals surface area (Å²) in [5.41, 5.74) is 1.29. The number of hydrogen-bond donors (Lipinski definition) is 1. The van der Waals surface area contributed by atoms with Gasteiger partial charge >= 0.3 is 0 Å². The van der Waals surface area contributed by atoms with Gasteiger partial charge in [-0.25, -0.2) is 0 Å². The van der Waals surface area contributed by atoms with E-state index in [2.05, 4.69) is 15.2 Å². The third-order valence-corrected chi connectivity index (χ3v) is 4.65. The molecule has 1 aromatic heterocycles. The number of rotatable bonds is 5. The fourth-order valence-corrected chi connectivity index (χ4v) is 3.28. The number of halogens is 1. The average molecular weight is 369 g/mol. The molecule has 2 amide bonds. The van der Waals surface area contributed by atoms with E-state index in [0.29, 0.717) is 32.0 Å². The van der Waals surface area contributed by atoms with Crippen LogP contribution in [-0.2, 0) is 9.53 Å². The highest BCUT2D eigenvalue weighted by Crippen LogP contribution is 2.18. The molecule has 0 aliphatic carbocycles. The first-order chi connectivity index (χ1) is 11.7. The minimum atomic E-state index is -0.190. The zero-order chi connectivity index (χ0) is 16.9. The Morgan fingerprint density at radius 2 is 2.12 bits per heavy atom. The van der Waals surface area contributed by atoms with Gasteiger partial charge in [0.1, 0.15) is 5.69 Å². The summed E-state index contributed by atoms with van der Waals surface area (Å²) in [5.74, 6) is -0.0235. The van der Waals surface area contributed by atoms with E-state index in [9.17, 15) is 9.59 Å². The normalized spacial score (nSPS) is 21.1. The molecule has 3 rings (SSSR count). The molecule has 1 aromatic rings. The zero-order valence-electron chi connectivity index (χ0n) is 14.4. The lowest BCUT2D eigenvalue weighted by Crippen LogP contribution is -2.48. The SMILES string of the molecule is Cc1cccnc1C(=O)NCCN1CCC(N2CCOCC2)C1=O.Cl. The van der Waals surface area contributed by atoms with E-state index < -0.39 is 0 Å². The Labute approximate surface area is 154 Å². The number of pyridine rings is 1. The van der Waals surface area contributed by atoms with E-state index in [1.54, 1.807) is 12.3 Å². The summed E-state index contributed by atoms with van der Waals surface area (Å²) >= 11 is 0. The molecule has 0 bridgehead atoms. The Kier molecular flexibility index (Phi) is 7.16. The molecule has 0 aromatic carbocycles. The van der Waals surface area contributed by atoms with E-state index in [1.807, 2.05) is 17.9 Å². The van der Waals surface area contributed by atoms with Crippen LogP contribution in [0.3, 0.4) is 0 Å². The van der Waals surface area contributed by atoms with Gasteiger partial charge in [-0.15, -0.1) is 12.4 Å². The number of aromatic nitrogens is 1. The molecule has 0 spiro atoms. The van der Waals surface area contributed by atoms with E-state index in [-0.39, 0.29) is 30.3 Å². The maximum atomic E-state index is 12.5. The van der Waals surface area contributed by atoms with Crippen LogP contribution < -0.4 is 5.32 Å². The lowest BCUT2D eigenvalue weighted by molar-refractivity contribution is -0.133. The molecular formula is C17H25ClN4O3. The molecule has 2 fully saturated rings. The van der Waals surface area contributed by atoms with Crippen molar-refractivity contribution in [3.05, 3.63) is 29.6 Å². The van der Waals surface area contributed by atoms with Crippen LogP contribution in [0, 0.1) is 6.92 Å². The van der Waals surface area contributed by atoms with Crippen LogP contribution in [0.15, 0.2) is 18.3 Å². The number of likely N-dealkylation sites (tertiary alicyclic amines) is 1. The number of amides is 2. The fourth-order valence-electron chi connectivity index (χ4n) is 3.28. The van der Waals surface area contributed by atoms with Gasteiger partial charge in [-0.2, -0.15) is 0 Å². The van der Waals surface area contributed by atoms with Crippen molar-refractivity contribution in [1.82, 2.24) is 20.1 Å². The maximum Gasteiger partial charge on any atom is 0.270 e. The highest BCUT2D eigenvalue weighted by Gasteiger charge is 2.36. The van der Waals surface area contributed by atoms with Crippen LogP contribution in [0.2, 0.25) is 0 Å². The average Bonchev–Trinajstić information content (AvgIpc) is 2.97. The Bertz CT molecular complexity index is 607. The predicted molar refractivity (Wildman–Crippen MR) is 95.9 cm³/mol. The molecule has 1 unspecified atom stereocenters.